The molecule has 0 saturated heterocycles. The van der Waals surface area contributed by atoms with Gasteiger partial charge in [0.05, 0.1) is 12.2 Å². The molecule has 4 heteroatoms. The Bertz CT molecular complexity index is 618. The zero-order valence-electron chi connectivity index (χ0n) is 16.3. The number of hydrogen-bond donors (Lipinski definition) is 0. The second kappa shape index (κ2) is 7.59. The van der Waals surface area contributed by atoms with E-state index in [4.69, 9.17) is 18.9 Å². The van der Waals surface area contributed by atoms with E-state index < -0.39 is 0 Å². The van der Waals surface area contributed by atoms with E-state index in [2.05, 4.69) is 31.2 Å². The molecule has 0 bridgehead atoms. The van der Waals surface area contributed by atoms with Crippen LogP contribution in [-0.4, -0.2) is 33.9 Å². The third kappa shape index (κ3) is 3.01. The lowest BCUT2D eigenvalue weighted by molar-refractivity contribution is -0.133. The van der Waals surface area contributed by atoms with Gasteiger partial charge in [-0.1, -0.05) is 31.2 Å². The van der Waals surface area contributed by atoms with Crippen molar-refractivity contribution < 1.29 is 18.9 Å². The molecule has 2 saturated carbocycles. The van der Waals surface area contributed by atoms with E-state index in [9.17, 15) is 0 Å². The van der Waals surface area contributed by atoms with Crippen LogP contribution in [0.2, 0.25) is 0 Å². The highest BCUT2D eigenvalue weighted by Gasteiger charge is 2.56. The van der Waals surface area contributed by atoms with Gasteiger partial charge >= 0.3 is 0 Å². The molecule has 1 aromatic rings. The molecule has 1 aromatic carbocycles. The predicted octanol–water partition coefficient (Wildman–Crippen LogP) is 4.65. The average molecular weight is 360 g/mol. The Morgan fingerprint density at radius 3 is 2.46 bits per heavy atom. The summed E-state index contributed by atoms with van der Waals surface area (Å²) in [5, 5.41) is 0. The molecule has 0 aromatic heterocycles. The van der Waals surface area contributed by atoms with Crippen molar-refractivity contribution in [3.63, 3.8) is 0 Å². The molecule has 0 radical (unpaired) electrons. The summed E-state index contributed by atoms with van der Waals surface area (Å²) in [4.78, 5) is 0. The molecule has 0 N–H and O–H groups in total. The first-order valence-corrected chi connectivity index (χ1v) is 9.99. The summed E-state index contributed by atoms with van der Waals surface area (Å²) in [6.45, 7) is 3.22. The summed E-state index contributed by atoms with van der Waals surface area (Å²) < 4.78 is 22.6. The zero-order valence-corrected chi connectivity index (χ0v) is 16.3. The number of hydrogen-bond acceptors (Lipinski definition) is 4. The van der Waals surface area contributed by atoms with Crippen LogP contribution in [0.4, 0.5) is 0 Å². The van der Waals surface area contributed by atoms with Crippen molar-refractivity contribution >= 4 is 0 Å². The van der Waals surface area contributed by atoms with Crippen LogP contribution >= 0.6 is 0 Å². The third-order valence-corrected chi connectivity index (χ3v) is 7.35. The van der Waals surface area contributed by atoms with E-state index in [1.165, 1.54) is 30.4 Å². The standard InChI is InChI=1S/C22H32O4/c1-22-11-10-16-15-6-4-5-7-17(15)20(25-13-23-2)12-18(16)19(22)8-9-21(22)26-14-24-3/h4-7,16,18-21H,8-14H2,1-3H3/t16-,18-,19+,20?,21?,22+/m1/s1. The van der Waals surface area contributed by atoms with Crippen LogP contribution in [0.5, 0.6) is 0 Å². The quantitative estimate of drug-likeness (QED) is 0.692. The molecule has 4 rings (SSSR count). The number of fused-ring (bicyclic) bond motifs is 5. The summed E-state index contributed by atoms with van der Waals surface area (Å²) in [6.07, 6.45) is 6.47. The van der Waals surface area contributed by atoms with Crippen LogP contribution in [0.15, 0.2) is 24.3 Å². The lowest BCUT2D eigenvalue weighted by Gasteiger charge is -2.51. The average Bonchev–Trinajstić information content (AvgIpc) is 3.01. The fraction of sp³-hybridized carbons (Fsp3) is 0.727. The minimum atomic E-state index is 0.147. The first kappa shape index (κ1) is 18.4. The molecule has 4 nitrogen and oxygen atoms in total. The fourth-order valence-electron chi connectivity index (χ4n) is 6.20. The maximum absolute atomic E-state index is 6.11. The Labute approximate surface area is 157 Å². The summed E-state index contributed by atoms with van der Waals surface area (Å²) in [7, 11) is 3.41. The number of rotatable bonds is 6. The first-order chi connectivity index (χ1) is 12.7. The summed E-state index contributed by atoms with van der Waals surface area (Å²) in [5.41, 5.74) is 3.14. The van der Waals surface area contributed by atoms with Crippen LogP contribution < -0.4 is 0 Å². The first-order valence-electron chi connectivity index (χ1n) is 9.99. The minimum absolute atomic E-state index is 0.147. The van der Waals surface area contributed by atoms with Crippen molar-refractivity contribution in [2.24, 2.45) is 17.3 Å². The highest BCUT2D eigenvalue weighted by atomic mass is 16.7. The van der Waals surface area contributed by atoms with Gasteiger partial charge in [-0.25, -0.2) is 0 Å². The normalized spacial score (nSPS) is 38.5. The van der Waals surface area contributed by atoms with Gasteiger partial charge in [-0.15, -0.1) is 0 Å². The van der Waals surface area contributed by atoms with Crippen LogP contribution in [0.1, 0.15) is 62.2 Å². The highest BCUT2D eigenvalue weighted by Crippen LogP contribution is 2.62. The lowest BCUT2D eigenvalue weighted by Crippen LogP contribution is -2.45. The Kier molecular flexibility index (Phi) is 5.38. The van der Waals surface area contributed by atoms with Gasteiger partial charge in [0.25, 0.3) is 0 Å². The van der Waals surface area contributed by atoms with E-state index in [1.54, 1.807) is 14.2 Å². The van der Waals surface area contributed by atoms with Crippen molar-refractivity contribution in [3.8, 4) is 0 Å². The zero-order chi connectivity index (χ0) is 18.1. The fourth-order valence-corrected chi connectivity index (χ4v) is 6.20. The largest absolute Gasteiger partial charge is 0.359 e. The summed E-state index contributed by atoms with van der Waals surface area (Å²) in [6, 6.07) is 8.89. The molecule has 0 aliphatic heterocycles. The number of ether oxygens (including phenoxy) is 4. The Hall–Kier alpha value is -0.940. The molecule has 3 aliphatic rings. The molecule has 0 spiro atoms. The topological polar surface area (TPSA) is 36.9 Å². The Morgan fingerprint density at radius 1 is 0.962 bits per heavy atom. The monoisotopic (exact) mass is 360 g/mol. The van der Waals surface area contributed by atoms with Crippen molar-refractivity contribution in [2.45, 2.75) is 57.2 Å². The molecule has 0 heterocycles. The van der Waals surface area contributed by atoms with E-state index in [1.807, 2.05) is 0 Å². The molecular formula is C22H32O4. The molecule has 2 fully saturated rings. The lowest BCUT2D eigenvalue weighted by atomic mass is 9.55. The third-order valence-electron chi connectivity index (χ3n) is 7.35. The molecule has 26 heavy (non-hydrogen) atoms. The van der Waals surface area contributed by atoms with Crippen molar-refractivity contribution in [1.82, 2.24) is 0 Å². The van der Waals surface area contributed by atoms with Crippen LogP contribution in [0, 0.1) is 17.3 Å². The predicted molar refractivity (Wildman–Crippen MR) is 99.8 cm³/mol. The van der Waals surface area contributed by atoms with Gasteiger partial charge in [-0.3, -0.25) is 0 Å². The van der Waals surface area contributed by atoms with E-state index in [0.717, 1.165) is 12.8 Å². The Morgan fingerprint density at radius 2 is 1.69 bits per heavy atom. The van der Waals surface area contributed by atoms with Gasteiger partial charge in [0.2, 0.25) is 0 Å². The SMILES string of the molecule is COCOC1C[C@@H]2[C@H](CC[C@]3(C)C(OCOC)CC[C@@H]23)c2ccccc21. The molecular weight excluding hydrogens is 328 g/mol. The maximum Gasteiger partial charge on any atom is 0.147 e. The minimum Gasteiger partial charge on any atom is -0.359 e. The van der Waals surface area contributed by atoms with Crippen LogP contribution in [-0.2, 0) is 18.9 Å². The van der Waals surface area contributed by atoms with E-state index in [-0.39, 0.29) is 11.5 Å². The van der Waals surface area contributed by atoms with E-state index >= 15 is 0 Å². The second-order valence-corrected chi connectivity index (χ2v) is 8.49. The number of benzene rings is 1. The van der Waals surface area contributed by atoms with Gasteiger partial charge < -0.3 is 18.9 Å². The number of methoxy groups -OCH3 is 2. The molecule has 3 aliphatic carbocycles. The second-order valence-electron chi connectivity index (χ2n) is 8.49. The van der Waals surface area contributed by atoms with Crippen LogP contribution in [0.25, 0.3) is 0 Å². The van der Waals surface area contributed by atoms with Crippen molar-refractivity contribution in [3.05, 3.63) is 35.4 Å². The molecule has 6 atom stereocenters. The van der Waals surface area contributed by atoms with E-state index in [0.29, 0.717) is 37.4 Å². The van der Waals surface area contributed by atoms with Crippen molar-refractivity contribution in [2.75, 3.05) is 27.8 Å². The Balaban J connectivity index is 1.61. The summed E-state index contributed by atoms with van der Waals surface area (Å²) in [5.74, 6) is 2.03. The van der Waals surface area contributed by atoms with Gasteiger partial charge in [0, 0.05) is 14.2 Å². The summed E-state index contributed by atoms with van der Waals surface area (Å²) >= 11 is 0. The highest BCUT2D eigenvalue weighted by molar-refractivity contribution is 5.36. The molecule has 2 unspecified atom stereocenters. The molecule has 144 valence electrons. The van der Waals surface area contributed by atoms with Gasteiger partial charge in [0.15, 0.2) is 0 Å². The maximum atomic E-state index is 6.11. The van der Waals surface area contributed by atoms with Gasteiger partial charge in [-0.2, -0.15) is 0 Å². The van der Waals surface area contributed by atoms with Crippen LogP contribution in [0.3, 0.4) is 0 Å². The smallest absolute Gasteiger partial charge is 0.147 e. The molecule has 0 amide bonds. The van der Waals surface area contributed by atoms with Gasteiger partial charge in [0.1, 0.15) is 13.6 Å². The van der Waals surface area contributed by atoms with Gasteiger partial charge in [-0.05, 0) is 66.4 Å². The van der Waals surface area contributed by atoms with Crippen molar-refractivity contribution in [1.29, 1.82) is 0 Å².